The van der Waals surface area contributed by atoms with Crippen LogP contribution >= 0.6 is 11.3 Å². The highest BCUT2D eigenvalue weighted by Gasteiger charge is 2.04. The van der Waals surface area contributed by atoms with Crippen LogP contribution in [-0.4, -0.2) is 28.6 Å². The van der Waals surface area contributed by atoms with Crippen LogP contribution in [0.5, 0.6) is 0 Å². The van der Waals surface area contributed by atoms with Crippen molar-refractivity contribution < 1.29 is 9.90 Å². The summed E-state index contributed by atoms with van der Waals surface area (Å²) in [5.74, 6) is -0.00662. The maximum absolute atomic E-state index is 11.3. The summed E-state index contributed by atoms with van der Waals surface area (Å²) >= 11 is 1.63. The van der Waals surface area contributed by atoms with E-state index in [2.05, 4.69) is 10.3 Å². The highest BCUT2D eigenvalue weighted by atomic mass is 32.1. The molecule has 0 aliphatic carbocycles. The van der Waals surface area contributed by atoms with Gasteiger partial charge in [0.05, 0.1) is 16.8 Å². The first-order valence-electron chi connectivity index (χ1n) is 5.43. The Hall–Kier alpha value is -0.940. The van der Waals surface area contributed by atoms with E-state index < -0.39 is 6.10 Å². The van der Waals surface area contributed by atoms with E-state index in [1.54, 1.807) is 18.3 Å². The van der Waals surface area contributed by atoms with Crippen molar-refractivity contribution in [2.75, 3.05) is 6.54 Å². The van der Waals surface area contributed by atoms with Crippen LogP contribution in [0, 0.1) is 6.92 Å². The fourth-order valence-corrected chi connectivity index (χ4v) is 1.95. The molecule has 1 unspecified atom stereocenters. The molecule has 90 valence electrons. The van der Waals surface area contributed by atoms with Gasteiger partial charge in [0.1, 0.15) is 0 Å². The van der Waals surface area contributed by atoms with Gasteiger partial charge in [-0.1, -0.05) is 0 Å². The molecule has 0 aromatic carbocycles. The predicted octanol–water partition coefficient (Wildman–Crippen LogP) is 1.27. The SMILES string of the molecule is Cc1nc(CCCC(=O)NCC(C)O)cs1. The minimum Gasteiger partial charge on any atom is -0.392 e. The summed E-state index contributed by atoms with van der Waals surface area (Å²) in [6.07, 6.45) is 1.65. The van der Waals surface area contributed by atoms with Crippen LogP contribution in [0.4, 0.5) is 0 Å². The summed E-state index contributed by atoms with van der Waals surface area (Å²) in [7, 11) is 0. The molecule has 0 aliphatic heterocycles. The number of aliphatic hydroxyl groups is 1. The van der Waals surface area contributed by atoms with Crippen molar-refractivity contribution >= 4 is 17.2 Å². The molecule has 1 rings (SSSR count). The number of nitrogens with zero attached hydrogens (tertiary/aromatic N) is 1. The zero-order chi connectivity index (χ0) is 12.0. The average Bonchev–Trinajstić information content (AvgIpc) is 2.61. The molecule has 0 saturated heterocycles. The van der Waals surface area contributed by atoms with Crippen molar-refractivity contribution in [2.24, 2.45) is 0 Å². The number of aryl methyl sites for hydroxylation is 2. The largest absolute Gasteiger partial charge is 0.392 e. The number of carbonyl (C=O) groups excluding carboxylic acids is 1. The van der Waals surface area contributed by atoms with Crippen molar-refractivity contribution in [3.63, 3.8) is 0 Å². The fourth-order valence-electron chi connectivity index (χ4n) is 1.30. The molecule has 5 heteroatoms. The predicted molar refractivity (Wildman–Crippen MR) is 64.5 cm³/mol. The van der Waals surface area contributed by atoms with Gasteiger partial charge in [-0.25, -0.2) is 4.98 Å². The molecular weight excluding hydrogens is 224 g/mol. The van der Waals surface area contributed by atoms with Crippen molar-refractivity contribution in [1.82, 2.24) is 10.3 Å². The van der Waals surface area contributed by atoms with Gasteiger partial charge in [-0.3, -0.25) is 4.79 Å². The van der Waals surface area contributed by atoms with Crippen molar-refractivity contribution in [2.45, 2.75) is 39.2 Å². The van der Waals surface area contributed by atoms with Crippen molar-refractivity contribution in [1.29, 1.82) is 0 Å². The Morgan fingerprint density at radius 2 is 2.44 bits per heavy atom. The molecule has 1 heterocycles. The van der Waals surface area contributed by atoms with Gasteiger partial charge in [-0.05, 0) is 26.7 Å². The van der Waals surface area contributed by atoms with Crippen LogP contribution < -0.4 is 5.32 Å². The van der Waals surface area contributed by atoms with E-state index in [9.17, 15) is 4.79 Å². The number of carbonyl (C=O) groups is 1. The Labute approximate surface area is 99.7 Å². The minimum absolute atomic E-state index is 0.00662. The third kappa shape index (κ3) is 5.23. The molecule has 4 nitrogen and oxygen atoms in total. The van der Waals surface area contributed by atoms with E-state index in [-0.39, 0.29) is 5.91 Å². The molecule has 0 spiro atoms. The van der Waals surface area contributed by atoms with E-state index in [1.165, 1.54) is 0 Å². The number of thiazole rings is 1. The van der Waals surface area contributed by atoms with Crippen LogP contribution in [-0.2, 0) is 11.2 Å². The molecular formula is C11H18N2O2S. The monoisotopic (exact) mass is 242 g/mol. The number of aliphatic hydroxyl groups excluding tert-OH is 1. The molecule has 1 amide bonds. The molecule has 0 saturated carbocycles. The maximum atomic E-state index is 11.3. The molecule has 0 radical (unpaired) electrons. The smallest absolute Gasteiger partial charge is 0.220 e. The van der Waals surface area contributed by atoms with Crippen molar-refractivity contribution in [3.8, 4) is 0 Å². The minimum atomic E-state index is -0.481. The Morgan fingerprint density at radius 1 is 1.69 bits per heavy atom. The molecule has 2 N–H and O–H groups in total. The van der Waals surface area contributed by atoms with E-state index in [0.717, 1.165) is 23.5 Å². The Bertz CT molecular complexity index is 336. The Balaban J connectivity index is 2.13. The van der Waals surface area contributed by atoms with Gasteiger partial charge in [-0.2, -0.15) is 0 Å². The highest BCUT2D eigenvalue weighted by molar-refractivity contribution is 7.09. The first-order chi connectivity index (χ1) is 7.58. The van der Waals surface area contributed by atoms with E-state index in [0.29, 0.717) is 13.0 Å². The highest BCUT2D eigenvalue weighted by Crippen LogP contribution is 2.10. The lowest BCUT2D eigenvalue weighted by Gasteiger charge is -2.06. The summed E-state index contributed by atoms with van der Waals surface area (Å²) < 4.78 is 0. The quantitative estimate of drug-likeness (QED) is 0.789. The second-order valence-corrected chi connectivity index (χ2v) is 4.93. The summed E-state index contributed by atoms with van der Waals surface area (Å²) in [5.41, 5.74) is 1.06. The first kappa shape index (κ1) is 13.1. The van der Waals surface area contributed by atoms with Gasteiger partial charge in [0.2, 0.25) is 5.91 Å². The molecule has 1 atom stereocenters. The van der Waals surface area contributed by atoms with Gasteiger partial charge in [0.25, 0.3) is 0 Å². The van der Waals surface area contributed by atoms with Crippen molar-refractivity contribution in [3.05, 3.63) is 16.1 Å². The van der Waals surface area contributed by atoms with Gasteiger partial charge in [0.15, 0.2) is 0 Å². The number of nitrogens with one attached hydrogen (secondary N) is 1. The van der Waals surface area contributed by atoms with Crippen LogP contribution in [0.15, 0.2) is 5.38 Å². The maximum Gasteiger partial charge on any atom is 0.220 e. The Kier molecular flexibility index (Phi) is 5.42. The molecule has 1 aromatic rings. The van der Waals surface area contributed by atoms with Gasteiger partial charge in [-0.15, -0.1) is 11.3 Å². The number of rotatable bonds is 6. The van der Waals surface area contributed by atoms with Crippen LogP contribution in [0.2, 0.25) is 0 Å². The summed E-state index contributed by atoms with van der Waals surface area (Å²) in [6, 6.07) is 0. The second-order valence-electron chi connectivity index (χ2n) is 3.86. The molecule has 0 fully saturated rings. The summed E-state index contributed by atoms with van der Waals surface area (Å²) in [5, 5.41) is 14.7. The van der Waals surface area contributed by atoms with Gasteiger partial charge in [0, 0.05) is 18.3 Å². The molecule has 0 aliphatic rings. The number of hydrogen-bond donors (Lipinski definition) is 2. The van der Waals surface area contributed by atoms with E-state index in [1.807, 2.05) is 12.3 Å². The number of hydrogen-bond acceptors (Lipinski definition) is 4. The third-order valence-corrected chi connectivity index (χ3v) is 2.92. The lowest BCUT2D eigenvalue weighted by atomic mass is 10.2. The molecule has 1 aromatic heterocycles. The molecule has 0 bridgehead atoms. The van der Waals surface area contributed by atoms with Crippen LogP contribution in [0.3, 0.4) is 0 Å². The average molecular weight is 242 g/mol. The fraction of sp³-hybridized carbons (Fsp3) is 0.636. The number of amides is 1. The van der Waals surface area contributed by atoms with Crippen LogP contribution in [0.25, 0.3) is 0 Å². The standard InChI is InChI=1S/C11H18N2O2S/c1-8(14)6-12-11(15)5-3-4-10-7-16-9(2)13-10/h7-8,14H,3-6H2,1-2H3,(H,12,15). The third-order valence-electron chi connectivity index (χ3n) is 2.10. The molecule has 16 heavy (non-hydrogen) atoms. The summed E-state index contributed by atoms with van der Waals surface area (Å²) in [6.45, 7) is 3.95. The number of aromatic nitrogens is 1. The van der Waals surface area contributed by atoms with E-state index >= 15 is 0 Å². The lowest BCUT2D eigenvalue weighted by Crippen LogP contribution is -2.30. The topological polar surface area (TPSA) is 62.2 Å². The second kappa shape index (κ2) is 6.60. The van der Waals surface area contributed by atoms with E-state index in [4.69, 9.17) is 5.11 Å². The lowest BCUT2D eigenvalue weighted by molar-refractivity contribution is -0.121. The summed E-state index contributed by atoms with van der Waals surface area (Å²) in [4.78, 5) is 15.6. The normalized spacial score (nSPS) is 12.4. The first-order valence-corrected chi connectivity index (χ1v) is 6.31. The zero-order valence-electron chi connectivity index (χ0n) is 9.69. The van der Waals surface area contributed by atoms with Gasteiger partial charge >= 0.3 is 0 Å². The van der Waals surface area contributed by atoms with Crippen LogP contribution in [0.1, 0.15) is 30.5 Å². The zero-order valence-corrected chi connectivity index (χ0v) is 10.5. The Morgan fingerprint density at radius 3 is 3.00 bits per heavy atom. The van der Waals surface area contributed by atoms with Gasteiger partial charge < -0.3 is 10.4 Å².